The van der Waals surface area contributed by atoms with E-state index in [1.807, 2.05) is 32.1 Å². The van der Waals surface area contributed by atoms with Crippen LogP contribution < -0.4 is 10.6 Å². The van der Waals surface area contributed by atoms with Crippen LogP contribution >= 0.6 is 7.92 Å². The van der Waals surface area contributed by atoms with Gasteiger partial charge in [0.2, 0.25) is 0 Å². The molecule has 3 aliphatic rings. The van der Waals surface area contributed by atoms with E-state index in [4.69, 9.17) is 9.73 Å². The molecule has 0 N–H and O–H groups in total. The first-order chi connectivity index (χ1) is 15.2. The maximum atomic E-state index is 5.99. The topological polar surface area (TPSA) is 21.6 Å². The second-order valence-electron chi connectivity index (χ2n) is 7.85. The molecule has 0 aromatic heterocycles. The fourth-order valence-electron chi connectivity index (χ4n) is 3.57. The van der Waals surface area contributed by atoms with E-state index in [1.165, 1.54) is 16.3 Å². The summed E-state index contributed by atoms with van der Waals surface area (Å²) in [5.74, 6) is 2.45. The molecule has 32 heavy (non-hydrogen) atoms. The van der Waals surface area contributed by atoms with E-state index < -0.39 is 7.92 Å². The van der Waals surface area contributed by atoms with Crippen molar-refractivity contribution in [3.63, 3.8) is 0 Å². The molecule has 0 amide bonds. The summed E-state index contributed by atoms with van der Waals surface area (Å²) in [7, 11) is -0.636. The summed E-state index contributed by atoms with van der Waals surface area (Å²) in [5.41, 5.74) is 1.32. The zero-order valence-corrected chi connectivity index (χ0v) is 20.4. The minimum absolute atomic E-state index is 0. The van der Waals surface area contributed by atoms with E-state index in [2.05, 4.69) is 93.8 Å². The molecule has 2 nitrogen and oxygen atoms in total. The molecular formula is C28H28FeNOP+2. The molecule has 0 unspecified atom stereocenters. The number of hydrogen-bond acceptors (Lipinski definition) is 2. The van der Waals surface area contributed by atoms with Gasteiger partial charge in [-0.2, -0.15) is 0 Å². The average Bonchev–Trinajstić information content (AvgIpc) is 3.58. The number of aliphatic imine (C=N–C) groups is 1. The molecule has 0 bridgehead atoms. The molecular weight excluding hydrogens is 453 g/mol. The number of rotatable bonds is 5. The summed E-state index contributed by atoms with van der Waals surface area (Å²) in [6, 6.07) is 21.8. The summed E-state index contributed by atoms with van der Waals surface area (Å²) in [6.07, 6.45) is 16.5. The van der Waals surface area contributed by atoms with Crippen LogP contribution in [0.5, 0.6) is 0 Å². The van der Waals surface area contributed by atoms with Crippen molar-refractivity contribution in [1.29, 1.82) is 0 Å². The molecule has 5 rings (SSSR count). The Morgan fingerprint density at radius 3 is 1.78 bits per heavy atom. The van der Waals surface area contributed by atoms with Crippen LogP contribution in [0.15, 0.2) is 65.7 Å². The van der Waals surface area contributed by atoms with E-state index in [1.54, 1.807) is 0 Å². The zero-order valence-electron chi connectivity index (χ0n) is 18.4. The van der Waals surface area contributed by atoms with Gasteiger partial charge in [0.1, 0.15) is 6.61 Å². The van der Waals surface area contributed by atoms with Crippen LogP contribution in [0, 0.1) is 68.9 Å². The minimum Gasteiger partial charge on any atom is -0.478 e. The van der Waals surface area contributed by atoms with Gasteiger partial charge in [-0.05, 0) is 75.8 Å². The molecule has 4 heteroatoms. The Labute approximate surface area is 206 Å². The Morgan fingerprint density at radius 2 is 1.31 bits per heavy atom. The van der Waals surface area contributed by atoms with Crippen LogP contribution in [0.25, 0.3) is 0 Å². The molecule has 10 radical (unpaired) electrons. The third-order valence-electron chi connectivity index (χ3n) is 5.29. The van der Waals surface area contributed by atoms with Crippen molar-refractivity contribution in [2.45, 2.75) is 19.9 Å². The van der Waals surface area contributed by atoms with Crippen LogP contribution in [0.3, 0.4) is 0 Å². The summed E-state index contributed by atoms with van der Waals surface area (Å²) in [5, 5.41) is 2.69. The second kappa shape index (κ2) is 12.9. The second-order valence-corrected chi connectivity index (χ2v) is 10.0. The number of hydrogen-bond donors (Lipinski definition) is 0. The minimum atomic E-state index is -0.636. The van der Waals surface area contributed by atoms with E-state index in [9.17, 15) is 0 Å². The van der Waals surface area contributed by atoms with Crippen LogP contribution in [-0.4, -0.2) is 18.5 Å². The van der Waals surface area contributed by atoms with Gasteiger partial charge in [0.25, 0.3) is 0 Å². The third kappa shape index (κ3) is 6.47. The van der Waals surface area contributed by atoms with Gasteiger partial charge in [-0.1, -0.05) is 74.5 Å². The van der Waals surface area contributed by atoms with Gasteiger partial charge in [-0.15, -0.1) is 0 Å². The Bertz CT molecular complexity index is 775. The summed E-state index contributed by atoms with van der Waals surface area (Å²) in [4.78, 5) is 4.87. The van der Waals surface area contributed by atoms with Gasteiger partial charge in [-0.3, -0.25) is 0 Å². The summed E-state index contributed by atoms with van der Waals surface area (Å²) < 4.78 is 5.99. The monoisotopic (exact) mass is 481 g/mol. The molecule has 2 fully saturated rings. The van der Waals surface area contributed by atoms with Gasteiger partial charge in [0.15, 0.2) is 5.90 Å². The van der Waals surface area contributed by atoms with Crippen molar-refractivity contribution >= 4 is 24.4 Å². The normalized spacial score (nSPS) is 21.1. The van der Waals surface area contributed by atoms with Gasteiger partial charge in [0, 0.05) is 5.66 Å². The molecule has 2 aliphatic carbocycles. The Hall–Kier alpha value is -1.14. The summed E-state index contributed by atoms with van der Waals surface area (Å²) in [6.45, 7) is 5.09. The first-order valence-electron chi connectivity index (χ1n) is 10.8. The van der Waals surface area contributed by atoms with Gasteiger partial charge < -0.3 is 4.74 Å². The van der Waals surface area contributed by atoms with Crippen LogP contribution in [0.2, 0.25) is 0 Å². The third-order valence-corrected chi connectivity index (χ3v) is 7.79. The Balaban J connectivity index is 0.000000427. The molecule has 162 valence electrons. The molecule has 1 atom stereocenters. The molecule has 2 saturated carbocycles. The van der Waals surface area contributed by atoms with Crippen molar-refractivity contribution in [2.24, 2.45) is 10.9 Å². The Kier molecular flexibility index (Phi) is 10.3. The first-order valence-corrected chi connectivity index (χ1v) is 12.1. The van der Waals surface area contributed by atoms with Crippen LogP contribution in [0.1, 0.15) is 13.8 Å². The molecule has 2 aromatic rings. The largest absolute Gasteiger partial charge is 2.00 e. The molecule has 1 heterocycles. The number of benzene rings is 2. The van der Waals surface area contributed by atoms with Crippen LogP contribution in [0.4, 0.5) is 0 Å². The predicted molar refractivity (Wildman–Crippen MR) is 132 cm³/mol. The fraction of sp³-hybridized carbons (Fsp3) is 0.179. The molecule has 1 aliphatic heterocycles. The van der Waals surface area contributed by atoms with Gasteiger partial charge in [0.05, 0.1) is 12.0 Å². The van der Waals surface area contributed by atoms with Crippen molar-refractivity contribution in [2.75, 3.05) is 6.61 Å². The van der Waals surface area contributed by atoms with Gasteiger partial charge >= 0.3 is 17.1 Å². The standard InChI is InChI=1S/C23H23NOP.C5H5.Fe/c1-17(2)21-16-25-23(24-21)20-14-9-15-22(20)26(18-10-5-3-6-11-18)19-12-7-4-8-13-19;1-2-4-5-3-1;/h3-15,17,21H,16H2,1-2H3;1-5H;/q;;+2/t21-;;/m0../s1. The maximum absolute atomic E-state index is 5.99. The van der Waals surface area contributed by atoms with Crippen molar-refractivity contribution in [3.8, 4) is 0 Å². The first kappa shape index (κ1) is 25.5. The maximum Gasteiger partial charge on any atom is 2.00 e. The Morgan fingerprint density at radius 1 is 0.781 bits per heavy atom. The van der Waals surface area contributed by atoms with E-state index in [-0.39, 0.29) is 23.1 Å². The van der Waals surface area contributed by atoms with Gasteiger partial charge in [-0.25, -0.2) is 4.99 Å². The number of ether oxygens (including phenoxy) is 1. The van der Waals surface area contributed by atoms with Crippen molar-refractivity contribution in [1.82, 2.24) is 0 Å². The predicted octanol–water partition coefficient (Wildman–Crippen LogP) is 5.32. The van der Waals surface area contributed by atoms with E-state index in [0.717, 1.165) is 11.8 Å². The molecule has 0 saturated heterocycles. The quantitative estimate of drug-likeness (QED) is 0.418. The fourth-order valence-corrected chi connectivity index (χ4v) is 6.01. The van der Waals surface area contributed by atoms with Crippen LogP contribution in [-0.2, 0) is 21.8 Å². The SMILES string of the molecule is CC(C)[C@@H]1COC([C]2[CH][CH][CH][C]2P(c2ccccc2)c2ccccc2)=N1.[CH]1[CH][CH][CH][CH]1.[Fe+2]. The summed E-state index contributed by atoms with van der Waals surface area (Å²) >= 11 is 0. The average molecular weight is 481 g/mol. The van der Waals surface area contributed by atoms with E-state index >= 15 is 0 Å². The smallest absolute Gasteiger partial charge is 0.478 e. The zero-order chi connectivity index (χ0) is 21.5. The molecule has 2 aromatic carbocycles. The number of nitrogens with zero attached hydrogens (tertiary/aromatic N) is 1. The van der Waals surface area contributed by atoms with Crippen molar-refractivity contribution < 1.29 is 21.8 Å². The van der Waals surface area contributed by atoms with E-state index in [0.29, 0.717) is 12.5 Å². The van der Waals surface area contributed by atoms with Crippen molar-refractivity contribution in [3.05, 3.63) is 124 Å². The molecule has 0 spiro atoms.